The summed E-state index contributed by atoms with van der Waals surface area (Å²) in [6, 6.07) is 8.17. The second-order valence-corrected chi connectivity index (χ2v) is 5.82. The van der Waals surface area contributed by atoms with Gasteiger partial charge in [0, 0.05) is 6.54 Å². The van der Waals surface area contributed by atoms with Crippen LogP contribution in [0.3, 0.4) is 0 Å². The standard InChI is InChI=1S/C16H25NO2/c1-12(2)10-17-11-13-6-8-14(9-7-13)19-16-5-3-4-15(16)18/h6-9,12,15-18H,3-5,10-11H2,1-2H3. The Morgan fingerprint density at radius 1 is 1.26 bits per heavy atom. The highest BCUT2D eigenvalue weighted by Crippen LogP contribution is 2.24. The van der Waals surface area contributed by atoms with E-state index in [-0.39, 0.29) is 12.2 Å². The number of aliphatic hydroxyl groups is 1. The maximum atomic E-state index is 9.74. The van der Waals surface area contributed by atoms with Crippen LogP contribution in [0.15, 0.2) is 24.3 Å². The van der Waals surface area contributed by atoms with Crippen molar-refractivity contribution in [3.63, 3.8) is 0 Å². The summed E-state index contributed by atoms with van der Waals surface area (Å²) in [6.07, 6.45) is 2.56. The van der Waals surface area contributed by atoms with E-state index in [1.54, 1.807) is 0 Å². The van der Waals surface area contributed by atoms with Crippen molar-refractivity contribution in [2.75, 3.05) is 6.54 Å². The van der Waals surface area contributed by atoms with Crippen molar-refractivity contribution in [3.05, 3.63) is 29.8 Å². The highest BCUT2D eigenvalue weighted by atomic mass is 16.5. The summed E-state index contributed by atoms with van der Waals surface area (Å²) in [5.41, 5.74) is 1.26. The molecule has 0 bridgehead atoms. The van der Waals surface area contributed by atoms with Crippen molar-refractivity contribution in [2.45, 2.75) is 51.9 Å². The maximum Gasteiger partial charge on any atom is 0.124 e. The summed E-state index contributed by atoms with van der Waals surface area (Å²) in [6.45, 7) is 6.34. The number of hydrogen-bond donors (Lipinski definition) is 2. The number of rotatable bonds is 6. The first-order valence-electron chi connectivity index (χ1n) is 7.29. The summed E-state index contributed by atoms with van der Waals surface area (Å²) in [5.74, 6) is 1.53. The molecule has 2 N–H and O–H groups in total. The van der Waals surface area contributed by atoms with Gasteiger partial charge >= 0.3 is 0 Å². The van der Waals surface area contributed by atoms with Crippen LogP contribution in [-0.2, 0) is 6.54 Å². The molecule has 2 atom stereocenters. The molecule has 106 valence electrons. The lowest BCUT2D eigenvalue weighted by molar-refractivity contribution is 0.0604. The van der Waals surface area contributed by atoms with Gasteiger partial charge in [-0.3, -0.25) is 0 Å². The molecule has 3 heteroatoms. The van der Waals surface area contributed by atoms with Crippen molar-refractivity contribution < 1.29 is 9.84 Å². The molecule has 1 aliphatic rings. The molecule has 0 radical (unpaired) electrons. The van der Waals surface area contributed by atoms with Gasteiger partial charge in [-0.25, -0.2) is 0 Å². The molecule has 2 rings (SSSR count). The predicted octanol–water partition coefficient (Wildman–Crippen LogP) is 2.72. The molecule has 1 saturated carbocycles. The molecule has 2 unspecified atom stereocenters. The molecule has 0 spiro atoms. The molecule has 0 amide bonds. The molecular weight excluding hydrogens is 238 g/mol. The molecule has 0 aliphatic heterocycles. The Morgan fingerprint density at radius 3 is 2.58 bits per heavy atom. The smallest absolute Gasteiger partial charge is 0.124 e. The molecular formula is C16H25NO2. The van der Waals surface area contributed by atoms with E-state index in [1.807, 2.05) is 12.1 Å². The molecule has 0 saturated heterocycles. The van der Waals surface area contributed by atoms with Gasteiger partial charge in [-0.05, 0) is 49.4 Å². The van der Waals surface area contributed by atoms with Gasteiger partial charge in [0.25, 0.3) is 0 Å². The SMILES string of the molecule is CC(C)CNCc1ccc(OC2CCCC2O)cc1. The lowest BCUT2D eigenvalue weighted by atomic mass is 10.2. The van der Waals surface area contributed by atoms with Crippen molar-refractivity contribution in [2.24, 2.45) is 5.92 Å². The monoisotopic (exact) mass is 263 g/mol. The minimum absolute atomic E-state index is 0.0232. The average molecular weight is 263 g/mol. The summed E-state index contributed by atoms with van der Waals surface area (Å²) in [7, 11) is 0. The Balaban J connectivity index is 1.81. The number of nitrogens with one attached hydrogen (secondary N) is 1. The van der Waals surface area contributed by atoms with Crippen LogP contribution in [0.5, 0.6) is 5.75 Å². The van der Waals surface area contributed by atoms with Crippen LogP contribution in [0.25, 0.3) is 0 Å². The lowest BCUT2D eigenvalue weighted by Gasteiger charge is -2.17. The van der Waals surface area contributed by atoms with Gasteiger partial charge in [-0.15, -0.1) is 0 Å². The number of hydrogen-bond acceptors (Lipinski definition) is 3. The Hall–Kier alpha value is -1.06. The van der Waals surface area contributed by atoms with Crippen molar-refractivity contribution in [1.82, 2.24) is 5.32 Å². The highest BCUT2D eigenvalue weighted by Gasteiger charge is 2.26. The van der Waals surface area contributed by atoms with Gasteiger partial charge in [0.1, 0.15) is 11.9 Å². The number of ether oxygens (including phenoxy) is 1. The zero-order valence-electron chi connectivity index (χ0n) is 11.9. The molecule has 3 nitrogen and oxygen atoms in total. The van der Waals surface area contributed by atoms with E-state index in [2.05, 4.69) is 31.3 Å². The van der Waals surface area contributed by atoms with E-state index < -0.39 is 0 Å². The third-order valence-corrected chi connectivity index (χ3v) is 3.51. The van der Waals surface area contributed by atoms with Crippen molar-refractivity contribution in [3.8, 4) is 5.75 Å². The van der Waals surface area contributed by atoms with Crippen LogP contribution in [0.4, 0.5) is 0 Å². The second-order valence-electron chi connectivity index (χ2n) is 5.82. The fourth-order valence-corrected chi connectivity index (χ4v) is 2.41. The van der Waals surface area contributed by atoms with Crippen LogP contribution in [0, 0.1) is 5.92 Å². The lowest BCUT2D eigenvalue weighted by Crippen LogP contribution is -2.25. The molecule has 0 heterocycles. The summed E-state index contributed by atoms with van der Waals surface area (Å²) in [4.78, 5) is 0. The Bertz CT molecular complexity index is 375. The summed E-state index contributed by atoms with van der Waals surface area (Å²) in [5, 5.41) is 13.2. The van der Waals surface area contributed by atoms with E-state index in [1.165, 1.54) is 5.56 Å². The summed E-state index contributed by atoms with van der Waals surface area (Å²) >= 11 is 0. The van der Waals surface area contributed by atoms with E-state index in [4.69, 9.17) is 4.74 Å². The normalized spacial score (nSPS) is 22.9. The number of benzene rings is 1. The first-order chi connectivity index (χ1) is 9.15. The third kappa shape index (κ3) is 4.51. The van der Waals surface area contributed by atoms with Gasteiger partial charge in [-0.2, -0.15) is 0 Å². The molecule has 1 fully saturated rings. The molecule has 1 aliphatic carbocycles. The first kappa shape index (κ1) is 14.4. The minimum Gasteiger partial charge on any atom is -0.488 e. The fourth-order valence-electron chi connectivity index (χ4n) is 2.41. The van der Waals surface area contributed by atoms with Crippen LogP contribution in [0.2, 0.25) is 0 Å². The third-order valence-electron chi connectivity index (χ3n) is 3.51. The van der Waals surface area contributed by atoms with E-state index >= 15 is 0 Å². The van der Waals surface area contributed by atoms with Gasteiger partial charge in [0.15, 0.2) is 0 Å². The Morgan fingerprint density at radius 2 is 2.00 bits per heavy atom. The van der Waals surface area contributed by atoms with Gasteiger partial charge in [0.05, 0.1) is 6.10 Å². The van der Waals surface area contributed by atoms with Crippen LogP contribution in [-0.4, -0.2) is 23.9 Å². The van der Waals surface area contributed by atoms with Crippen LogP contribution in [0.1, 0.15) is 38.7 Å². The second kappa shape index (κ2) is 6.92. The van der Waals surface area contributed by atoms with Gasteiger partial charge in [-0.1, -0.05) is 26.0 Å². The van der Waals surface area contributed by atoms with Gasteiger partial charge < -0.3 is 15.2 Å². The molecule has 1 aromatic rings. The zero-order valence-corrected chi connectivity index (χ0v) is 11.9. The van der Waals surface area contributed by atoms with E-state index in [0.29, 0.717) is 5.92 Å². The van der Waals surface area contributed by atoms with E-state index in [9.17, 15) is 5.11 Å². The quantitative estimate of drug-likeness (QED) is 0.829. The largest absolute Gasteiger partial charge is 0.488 e. The highest BCUT2D eigenvalue weighted by molar-refractivity contribution is 5.27. The molecule has 0 aromatic heterocycles. The average Bonchev–Trinajstić information content (AvgIpc) is 2.77. The van der Waals surface area contributed by atoms with E-state index in [0.717, 1.165) is 38.1 Å². The van der Waals surface area contributed by atoms with Crippen molar-refractivity contribution in [1.29, 1.82) is 0 Å². The summed E-state index contributed by atoms with van der Waals surface area (Å²) < 4.78 is 5.81. The van der Waals surface area contributed by atoms with Crippen molar-refractivity contribution >= 4 is 0 Å². The molecule has 19 heavy (non-hydrogen) atoms. The first-order valence-corrected chi connectivity index (χ1v) is 7.29. The van der Waals surface area contributed by atoms with Crippen LogP contribution >= 0.6 is 0 Å². The Labute approximate surface area is 116 Å². The molecule has 1 aromatic carbocycles. The fraction of sp³-hybridized carbons (Fsp3) is 0.625. The predicted molar refractivity (Wildman–Crippen MR) is 77.3 cm³/mol. The van der Waals surface area contributed by atoms with Crippen LogP contribution < -0.4 is 10.1 Å². The van der Waals surface area contributed by atoms with Gasteiger partial charge in [0.2, 0.25) is 0 Å². The maximum absolute atomic E-state index is 9.74. The zero-order chi connectivity index (χ0) is 13.7. The number of aliphatic hydroxyl groups excluding tert-OH is 1. The Kier molecular flexibility index (Phi) is 5.23. The minimum atomic E-state index is -0.299. The topological polar surface area (TPSA) is 41.5 Å².